The maximum atomic E-state index is 10.9. The van der Waals surface area contributed by atoms with Gasteiger partial charge in [-0.05, 0) is 58.9 Å². The van der Waals surface area contributed by atoms with E-state index in [9.17, 15) is 20.5 Å². The average molecular weight is 436 g/mol. The van der Waals surface area contributed by atoms with E-state index in [1.54, 1.807) is 31.2 Å². The number of ether oxygens (including phenoxy) is 1. The van der Waals surface area contributed by atoms with Crippen LogP contribution in [0.25, 0.3) is 11.6 Å². The highest BCUT2D eigenvalue weighted by molar-refractivity contribution is 14.1. The third kappa shape index (κ3) is 4.02. The molecule has 0 aliphatic carbocycles. The van der Waals surface area contributed by atoms with Crippen molar-refractivity contribution in [3.05, 3.63) is 61.2 Å². The van der Waals surface area contributed by atoms with Gasteiger partial charge in [0, 0.05) is 12.1 Å². The van der Waals surface area contributed by atoms with Crippen molar-refractivity contribution in [1.29, 1.82) is 5.26 Å². The summed E-state index contributed by atoms with van der Waals surface area (Å²) in [5.74, 6) is 0.371. The SMILES string of the molecule is CCOc1cc(/C=C(/C#N)c2cccc([N+](=O)[O-])c2)cc(I)c1O. The number of nitrogens with zero attached hydrogens (tertiary/aromatic N) is 2. The maximum Gasteiger partial charge on any atom is 0.270 e. The molecular weight excluding hydrogens is 423 g/mol. The van der Waals surface area contributed by atoms with Crippen LogP contribution in [0.5, 0.6) is 11.5 Å². The quantitative estimate of drug-likeness (QED) is 0.247. The van der Waals surface area contributed by atoms with Gasteiger partial charge in [0.25, 0.3) is 5.69 Å². The standard InChI is InChI=1S/C17H13IN2O4/c1-2-24-16-8-11(7-15(18)17(16)21)6-13(10-19)12-4-3-5-14(9-12)20(22)23/h3-9,21H,2H2,1H3/b13-6-. The number of hydrogen-bond acceptors (Lipinski definition) is 5. The topological polar surface area (TPSA) is 96.4 Å². The first-order valence-corrected chi connectivity index (χ1v) is 8.06. The second-order valence-electron chi connectivity index (χ2n) is 4.76. The van der Waals surface area contributed by atoms with Crippen molar-refractivity contribution in [1.82, 2.24) is 0 Å². The predicted octanol–water partition coefficient (Wildman–Crippen LogP) is 4.37. The molecule has 0 bridgehead atoms. The van der Waals surface area contributed by atoms with E-state index in [0.29, 0.717) is 27.1 Å². The second kappa shape index (κ2) is 7.79. The van der Waals surface area contributed by atoms with Gasteiger partial charge in [0.05, 0.1) is 26.7 Å². The number of hydrogen-bond donors (Lipinski definition) is 1. The van der Waals surface area contributed by atoms with Crippen molar-refractivity contribution in [2.24, 2.45) is 0 Å². The van der Waals surface area contributed by atoms with Crippen LogP contribution < -0.4 is 4.74 Å². The molecule has 0 radical (unpaired) electrons. The summed E-state index contributed by atoms with van der Waals surface area (Å²) in [6.07, 6.45) is 1.60. The molecule has 0 aliphatic rings. The number of non-ortho nitro benzene ring substituents is 1. The Labute approximate surface area is 152 Å². The molecule has 0 aromatic heterocycles. The van der Waals surface area contributed by atoms with Crippen molar-refractivity contribution in [3.63, 3.8) is 0 Å². The van der Waals surface area contributed by atoms with Crippen LogP contribution in [0.4, 0.5) is 5.69 Å². The highest BCUT2D eigenvalue weighted by Crippen LogP contribution is 2.34. The van der Waals surface area contributed by atoms with Crippen LogP contribution >= 0.6 is 22.6 Å². The fourth-order valence-corrected chi connectivity index (χ4v) is 2.70. The lowest BCUT2D eigenvalue weighted by atomic mass is 10.0. The Balaban J connectivity index is 2.50. The van der Waals surface area contributed by atoms with Crippen LogP contribution in [-0.4, -0.2) is 16.6 Å². The molecule has 2 rings (SSSR count). The molecule has 0 saturated heterocycles. The number of nitro benzene ring substituents is 1. The molecule has 0 unspecified atom stereocenters. The summed E-state index contributed by atoms with van der Waals surface area (Å²) >= 11 is 1.97. The lowest BCUT2D eigenvalue weighted by Gasteiger charge is -2.09. The lowest BCUT2D eigenvalue weighted by molar-refractivity contribution is -0.384. The zero-order valence-electron chi connectivity index (χ0n) is 12.7. The number of allylic oxidation sites excluding steroid dienone is 1. The van der Waals surface area contributed by atoms with Crippen molar-refractivity contribution >= 4 is 39.9 Å². The number of nitriles is 1. The minimum Gasteiger partial charge on any atom is -0.504 e. The summed E-state index contributed by atoms with van der Waals surface area (Å²) < 4.78 is 5.96. The van der Waals surface area contributed by atoms with Gasteiger partial charge >= 0.3 is 0 Å². The highest BCUT2D eigenvalue weighted by Gasteiger charge is 2.11. The molecule has 24 heavy (non-hydrogen) atoms. The summed E-state index contributed by atoms with van der Waals surface area (Å²) in [6.45, 7) is 2.20. The minimum atomic E-state index is -0.505. The van der Waals surface area contributed by atoms with Gasteiger partial charge in [-0.3, -0.25) is 10.1 Å². The number of benzene rings is 2. The number of halogens is 1. The maximum absolute atomic E-state index is 10.9. The second-order valence-corrected chi connectivity index (χ2v) is 5.92. The Bertz CT molecular complexity index is 856. The number of phenolic OH excluding ortho intramolecular Hbond substituents is 1. The van der Waals surface area contributed by atoms with Crippen LogP contribution in [0.3, 0.4) is 0 Å². The Morgan fingerprint density at radius 2 is 2.21 bits per heavy atom. The van der Waals surface area contributed by atoms with E-state index >= 15 is 0 Å². The molecule has 2 aromatic rings. The summed E-state index contributed by atoms with van der Waals surface area (Å²) in [5, 5.41) is 30.2. The molecular formula is C17H13IN2O4. The van der Waals surface area contributed by atoms with Crippen LogP contribution in [0.2, 0.25) is 0 Å². The van der Waals surface area contributed by atoms with Gasteiger partial charge in [-0.1, -0.05) is 12.1 Å². The first-order valence-electron chi connectivity index (χ1n) is 6.98. The van der Waals surface area contributed by atoms with Gasteiger partial charge < -0.3 is 9.84 Å². The van der Waals surface area contributed by atoms with Crippen LogP contribution in [0.1, 0.15) is 18.1 Å². The highest BCUT2D eigenvalue weighted by atomic mass is 127. The number of rotatable bonds is 5. The normalized spacial score (nSPS) is 11.0. The molecule has 0 amide bonds. The first-order chi connectivity index (χ1) is 11.5. The largest absolute Gasteiger partial charge is 0.504 e. The van der Waals surface area contributed by atoms with Gasteiger partial charge in [-0.2, -0.15) is 5.26 Å². The van der Waals surface area contributed by atoms with Crippen molar-refractivity contribution in [2.75, 3.05) is 6.61 Å². The molecule has 7 heteroatoms. The van der Waals surface area contributed by atoms with Crippen molar-refractivity contribution < 1.29 is 14.8 Å². The number of phenols is 1. The smallest absolute Gasteiger partial charge is 0.270 e. The predicted molar refractivity (Wildman–Crippen MR) is 98.6 cm³/mol. The molecule has 2 aromatic carbocycles. The summed E-state index contributed by atoms with van der Waals surface area (Å²) in [7, 11) is 0. The average Bonchev–Trinajstić information content (AvgIpc) is 2.57. The van der Waals surface area contributed by atoms with Gasteiger partial charge in [0.2, 0.25) is 0 Å². The number of aromatic hydroxyl groups is 1. The molecule has 122 valence electrons. The van der Waals surface area contributed by atoms with E-state index in [4.69, 9.17) is 4.74 Å². The lowest BCUT2D eigenvalue weighted by Crippen LogP contribution is -1.94. The molecule has 0 aliphatic heterocycles. The fourth-order valence-electron chi connectivity index (χ4n) is 2.08. The van der Waals surface area contributed by atoms with E-state index < -0.39 is 4.92 Å². The minimum absolute atomic E-state index is 0.0449. The van der Waals surface area contributed by atoms with E-state index in [1.807, 2.05) is 22.6 Å². The van der Waals surface area contributed by atoms with E-state index in [2.05, 4.69) is 6.07 Å². The van der Waals surface area contributed by atoms with Gasteiger partial charge in [-0.25, -0.2) is 0 Å². The van der Waals surface area contributed by atoms with Gasteiger partial charge in [0.15, 0.2) is 11.5 Å². The van der Waals surface area contributed by atoms with Crippen LogP contribution in [0.15, 0.2) is 36.4 Å². The summed E-state index contributed by atoms with van der Waals surface area (Å²) in [6, 6.07) is 11.3. The third-order valence-electron chi connectivity index (χ3n) is 3.15. The van der Waals surface area contributed by atoms with Crippen LogP contribution in [0, 0.1) is 25.0 Å². The number of nitro groups is 1. The zero-order valence-corrected chi connectivity index (χ0v) is 14.9. The molecule has 0 spiro atoms. The monoisotopic (exact) mass is 436 g/mol. The Morgan fingerprint density at radius 3 is 2.83 bits per heavy atom. The third-order valence-corrected chi connectivity index (χ3v) is 3.97. The Kier molecular flexibility index (Phi) is 5.76. The Morgan fingerprint density at radius 1 is 1.46 bits per heavy atom. The van der Waals surface area contributed by atoms with Gasteiger partial charge in [-0.15, -0.1) is 0 Å². The van der Waals surface area contributed by atoms with E-state index in [1.165, 1.54) is 18.2 Å². The zero-order chi connectivity index (χ0) is 17.7. The summed E-state index contributed by atoms with van der Waals surface area (Å²) in [5.41, 5.74) is 1.31. The van der Waals surface area contributed by atoms with Gasteiger partial charge in [0.1, 0.15) is 0 Å². The van der Waals surface area contributed by atoms with Crippen molar-refractivity contribution in [3.8, 4) is 17.6 Å². The first kappa shape index (κ1) is 17.7. The summed E-state index contributed by atoms with van der Waals surface area (Å²) in [4.78, 5) is 10.4. The molecule has 6 nitrogen and oxygen atoms in total. The molecule has 0 saturated carbocycles. The molecule has 0 heterocycles. The fraction of sp³-hybridized carbons (Fsp3) is 0.118. The van der Waals surface area contributed by atoms with Crippen LogP contribution in [-0.2, 0) is 0 Å². The molecule has 0 fully saturated rings. The van der Waals surface area contributed by atoms with E-state index in [-0.39, 0.29) is 17.0 Å². The Hall–Kier alpha value is -2.60. The molecule has 1 N–H and O–H groups in total. The van der Waals surface area contributed by atoms with Crippen molar-refractivity contribution in [2.45, 2.75) is 6.92 Å². The van der Waals surface area contributed by atoms with E-state index in [0.717, 1.165) is 0 Å². The molecule has 0 atom stereocenters.